The summed E-state index contributed by atoms with van der Waals surface area (Å²) in [6, 6.07) is 0. The predicted molar refractivity (Wildman–Crippen MR) is 217 cm³/mol. The maximum Gasteiger partial charge on any atom is 0.0934 e. The van der Waals surface area contributed by atoms with Crippen molar-refractivity contribution in [3.05, 3.63) is 12.2 Å². The molecule has 0 spiro atoms. The van der Waals surface area contributed by atoms with E-state index in [2.05, 4.69) is 45.0 Å². The predicted octanol–water partition coefficient (Wildman–Crippen LogP) is 12.8. The number of nitrogens with zero attached hydrogens (tertiary/aromatic N) is 1. The zero-order valence-electron chi connectivity index (χ0n) is 34.4. The van der Waals surface area contributed by atoms with Crippen LogP contribution < -0.4 is 0 Å². The Kier molecular flexibility index (Phi) is 16.6. The number of ether oxygens (including phenoxy) is 2. The minimum absolute atomic E-state index is 0.204. The summed E-state index contributed by atoms with van der Waals surface area (Å²) < 4.78 is 12.4. The van der Waals surface area contributed by atoms with Crippen LogP contribution in [0.3, 0.4) is 0 Å². The monoisotopic (exact) mass is 708 g/mol. The van der Waals surface area contributed by atoms with Gasteiger partial charge < -0.3 is 14.4 Å². The lowest BCUT2D eigenvalue weighted by Gasteiger charge is -2.21. The van der Waals surface area contributed by atoms with Gasteiger partial charge in [0.2, 0.25) is 0 Å². The average Bonchev–Trinajstić information content (AvgIpc) is 3.90. The molecule has 3 nitrogen and oxygen atoms in total. The maximum atomic E-state index is 6.30. The van der Waals surface area contributed by atoms with Crippen molar-refractivity contribution >= 4 is 0 Å². The fraction of sp³-hybridized carbons (Fsp3) is 0.958. The molecule has 0 aromatic heterocycles. The first-order valence-electron chi connectivity index (χ1n) is 23.5. The summed E-state index contributed by atoms with van der Waals surface area (Å²) in [6.45, 7) is 8.24. The summed E-state index contributed by atoms with van der Waals surface area (Å²) in [5, 5.41) is 0. The molecule has 294 valence electrons. The fourth-order valence-corrected chi connectivity index (χ4v) is 10.8. The Hall–Kier alpha value is -0.380. The van der Waals surface area contributed by atoms with Gasteiger partial charge >= 0.3 is 0 Å². The molecule has 3 heteroatoms. The Labute approximate surface area is 317 Å². The van der Waals surface area contributed by atoms with Crippen LogP contribution in [-0.4, -0.2) is 51.5 Å². The third kappa shape index (κ3) is 15.3. The zero-order chi connectivity index (χ0) is 35.4. The molecule has 0 saturated heterocycles. The first-order chi connectivity index (χ1) is 25.0. The number of hydrogen-bond donors (Lipinski definition) is 0. The summed E-state index contributed by atoms with van der Waals surface area (Å²) in [6.07, 6.45) is 41.4. The van der Waals surface area contributed by atoms with Crippen molar-refractivity contribution in [2.75, 3.05) is 40.5 Å². The number of allylic oxidation sites excluding steroid dienone is 2. The van der Waals surface area contributed by atoms with Gasteiger partial charge in [-0.25, -0.2) is 0 Å². The van der Waals surface area contributed by atoms with E-state index in [0.717, 1.165) is 97.4 Å². The third-order valence-corrected chi connectivity index (χ3v) is 15.1. The minimum Gasteiger partial charge on any atom is -0.379 e. The standard InChI is InChI=1S/C48H85NO2/c1-5-36-25-42(36)30-45-29-41(45)22-21-40-27-38(40)19-15-11-7-9-13-17-23-50-35-48(34-49(3)4)51-24-18-14-10-8-12-16-20-39-28-44(39)32-47-33-46(47)31-43-26-37(43)6-2/h11,15,36-48H,5-10,12-14,16-35H2,1-4H3. The fourth-order valence-electron chi connectivity index (χ4n) is 10.8. The highest BCUT2D eigenvalue weighted by Crippen LogP contribution is 2.58. The smallest absolute Gasteiger partial charge is 0.0934 e. The molecule has 6 fully saturated rings. The van der Waals surface area contributed by atoms with Gasteiger partial charge in [-0.2, -0.15) is 0 Å². The molecule has 6 rings (SSSR count). The van der Waals surface area contributed by atoms with Crippen molar-refractivity contribution in [2.24, 2.45) is 71.0 Å². The molecule has 51 heavy (non-hydrogen) atoms. The summed E-state index contributed by atoms with van der Waals surface area (Å²) in [5.41, 5.74) is 0. The van der Waals surface area contributed by atoms with Gasteiger partial charge in [-0.3, -0.25) is 0 Å². The Morgan fingerprint density at radius 3 is 1.65 bits per heavy atom. The van der Waals surface area contributed by atoms with E-state index in [4.69, 9.17) is 9.47 Å². The van der Waals surface area contributed by atoms with Gasteiger partial charge in [-0.1, -0.05) is 83.8 Å². The van der Waals surface area contributed by atoms with Gasteiger partial charge in [0.15, 0.2) is 0 Å². The topological polar surface area (TPSA) is 21.7 Å². The number of likely N-dealkylation sites (N-methyl/N-ethyl adjacent to an activating group) is 1. The quantitative estimate of drug-likeness (QED) is 0.0501. The molecule has 0 aliphatic heterocycles. The van der Waals surface area contributed by atoms with Crippen molar-refractivity contribution < 1.29 is 9.47 Å². The van der Waals surface area contributed by atoms with Crippen LogP contribution in [-0.2, 0) is 9.47 Å². The molecule has 6 saturated carbocycles. The van der Waals surface area contributed by atoms with E-state index >= 15 is 0 Å². The van der Waals surface area contributed by atoms with E-state index in [1.165, 1.54) is 103 Å². The molecule has 0 bridgehead atoms. The lowest BCUT2D eigenvalue weighted by Crippen LogP contribution is -2.32. The van der Waals surface area contributed by atoms with E-state index in [0.29, 0.717) is 0 Å². The summed E-state index contributed by atoms with van der Waals surface area (Å²) in [7, 11) is 4.30. The Bertz CT molecular complexity index is 994. The van der Waals surface area contributed by atoms with Gasteiger partial charge in [-0.05, 0) is 188 Å². The van der Waals surface area contributed by atoms with Gasteiger partial charge in [0.25, 0.3) is 0 Å². The number of hydrogen-bond acceptors (Lipinski definition) is 3. The second-order valence-electron chi connectivity index (χ2n) is 19.9. The van der Waals surface area contributed by atoms with Crippen molar-refractivity contribution in [1.29, 1.82) is 0 Å². The Morgan fingerprint density at radius 2 is 1.00 bits per heavy atom. The molecule has 0 radical (unpaired) electrons. The lowest BCUT2D eigenvalue weighted by molar-refractivity contribution is -0.0287. The SMILES string of the molecule is CCC1CC1CC1CC1CCC1CC1CC=CCCCCCOCC(CN(C)C)OCCCCCCCCC1CC1CC1CC1CC1CC1CC. The molecular weight excluding hydrogens is 623 g/mol. The largest absolute Gasteiger partial charge is 0.379 e. The lowest BCUT2D eigenvalue weighted by atomic mass is 10.0. The number of unbranched alkanes of at least 4 members (excludes halogenated alkanes) is 8. The van der Waals surface area contributed by atoms with E-state index < -0.39 is 0 Å². The van der Waals surface area contributed by atoms with Gasteiger partial charge in [0, 0.05) is 19.8 Å². The normalized spacial score (nSPS) is 36.6. The molecular formula is C48H85NO2. The van der Waals surface area contributed by atoms with E-state index in [-0.39, 0.29) is 6.10 Å². The van der Waals surface area contributed by atoms with Gasteiger partial charge in [-0.15, -0.1) is 0 Å². The van der Waals surface area contributed by atoms with Crippen molar-refractivity contribution in [2.45, 2.75) is 180 Å². The van der Waals surface area contributed by atoms with Crippen LogP contribution in [0.2, 0.25) is 0 Å². The molecule has 6 aliphatic carbocycles. The number of rotatable bonds is 33. The Balaban J connectivity index is 0.664. The molecule has 13 unspecified atom stereocenters. The van der Waals surface area contributed by atoms with Gasteiger partial charge in [0.05, 0.1) is 12.7 Å². The summed E-state index contributed by atoms with van der Waals surface area (Å²) in [5.74, 6) is 13.3. The first-order valence-corrected chi connectivity index (χ1v) is 23.5. The van der Waals surface area contributed by atoms with Crippen molar-refractivity contribution in [3.63, 3.8) is 0 Å². The van der Waals surface area contributed by atoms with Crippen molar-refractivity contribution in [3.8, 4) is 0 Å². The second-order valence-corrected chi connectivity index (χ2v) is 19.9. The molecule has 0 amide bonds. The Morgan fingerprint density at radius 1 is 0.510 bits per heavy atom. The zero-order valence-corrected chi connectivity index (χ0v) is 34.4. The van der Waals surface area contributed by atoms with Crippen LogP contribution in [0.15, 0.2) is 12.2 Å². The molecule has 0 aromatic carbocycles. The van der Waals surface area contributed by atoms with Gasteiger partial charge in [0.1, 0.15) is 0 Å². The first kappa shape index (κ1) is 40.3. The minimum atomic E-state index is 0.204. The van der Waals surface area contributed by atoms with E-state index in [1.807, 2.05) is 0 Å². The van der Waals surface area contributed by atoms with Crippen LogP contribution in [0.1, 0.15) is 174 Å². The highest BCUT2D eigenvalue weighted by molar-refractivity contribution is 4.99. The van der Waals surface area contributed by atoms with Crippen LogP contribution in [0.25, 0.3) is 0 Å². The van der Waals surface area contributed by atoms with Crippen LogP contribution in [0.4, 0.5) is 0 Å². The average molecular weight is 708 g/mol. The van der Waals surface area contributed by atoms with Crippen LogP contribution >= 0.6 is 0 Å². The van der Waals surface area contributed by atoms with Crippen molar-refractivity contribution in [1.82, 2.24) is 4.90 Å². The molecule has 13 atom stereocenters. The molecule has 0 aromatic rings. The second kappa shape index (κ2) is 21.1. The summed E-state index contributed by atoms with van der Waals surface area (Å²) >= 11 is 0. The molecule has 0 heterocycles. The van der Waals surface area contributed by atoms with Crippen LogP contribution in [0.5, 0.6) is 0 Å². The third-order valence-electron chi connectivity index (χ3n) is 15.1. The summed E-state index contributed by atoms with van der Waals surface area (Å²) in [4.78, 5) is 2.24. The van der Waals surface area contributed by atoms with E-state index in [1.54, 1.807) is 57.8 Å². The molecule has 0 N–H and O–H groups in total. The molecule has 6 aliphatic rings. The highest BCUT2D eigenvalue weighted by Gasteiger charge is 2.48. The maximum absolute atomic E-state index is 6.30. The van der Waals surface area contributed by atoms with E-state index in [9.17, 15) is 0 Å². The van der Waals surface area contributed by atoms with Crippen LogP contribution in [0, 0.1) is 71.0 Å². The highest BCUT2D eigenvalue weighted by atomic mass is 16.5.